The van der Waals surface area contributed by atoms with Crippen LogP contribution in [0.5, 0.6) is 11.5 Å². The second-order valence-electron chi connectivity index (χ2n) is 6.50. The number of hydrogen-bond donors (Lipinski definition) is 0. The molecule has 0 amide bonds. The van der Waals surface area contributed by atoms with E-state index in [4.69, 9.17) is 4.74 Å². The number of alkyl halides is 3. The zero-order valence-corrected chi connectivity index (χ0v) is 13.2. The van der Waals surface area contributed by atoms with E-state index in [-0.39, 0.29) is 17.9 Å². The second-order valence-corrected chi connectivity index (χ2v) is 6.50. The Morgan fingerprint density at radius 1 is 1.08 bits per heavy atom. The van der Waals surface area contributed by atoms with Gasteiger partial charge in [0.1, 0.15) is 0 Å². The molecule has 24 heavy (non-hydrogen) atoms. The summed E-state index contributed by atoms with van der Waals surface area (Å²) < 4.78 is 61.7. The van der Waals surface area contributed by atoms with Crippen molar-refractivity contribution in [2.75, 3.05) is 6.61 Å². The highest BCUT2D eigenvalue weighted by Crippen LogP contribution is 2.38. The lowest BCUT2D eigenvalue weighted by atomic mass is 10.1. The second kappa shape index (κ2) is 7.03. The molecule has 0 bridgehead atoms. The Kier molecular flexibility index (Phi) is 5.01. The van der Waals surface area contributed by atoms with Gasteiger partial charge in [-0.15, -0.1) is 13.2 Å². The van der Waals surface area contributed by atoms with Gasteiger partial charge in [0.05, 0.1) is 6.61 Å². The molecule has 2 nitrogen and oxygen atoms in total. The first-order chi connectivity index (χ1) is 11.4. The molecule has 2 aliphatic rings. The molecule has 0 saturated heterocycles. The van der Waals surface area contributed by atoms with Crippen LogP contribution in [0.3, 0.4) is 0 Å². The molecule has 0 unspecified atom stereocenters. The maximum absolute atomic E-state index is 14.5. The smallest absolute Gasteiger partial charge is 0.489 e. The summed E-state index contributed by atoms with van der Waals surface area (Å²) in [6.07, 6.45) is 4.59. The van der Waals surface area contributed by atoms with Crippen LogP contribution in [0.2, 0.25) is 0 Å². The minimum atomic E-state index is -4.97. The van der Waals surface area contributed by atoms with Gasteiger partial charge in [-0.1, -0.05) is 25.0 Å². The SMILES string of the molecule is Fc1c(/C=C/C2CC2)ccc(OCC2CCCC2)c1OC(F)(F)F. The van der Waals surface area contributed by atoms with Crippen LogP contribution < -0.4 is 9.47 Å². The molecule has 0 atom stereocenters. The zero-order chi connectivity index (χ0) is 17.2. The predicted octanol–water partition coefficient (Wildman–Crippen LogP) is 5.72. The number of benzene rings is 1. The molecule has 132 valence electrons. The first-order valence-electron chi connectivity index (χ1n) is 8.31. The largest absolute Gasteiger partial charge is 0.573 e. The third-order valence-corrected chi connectivity index (χ3v) is 4.43. The summed E-state index contributed by atoms with van der Waals surface area (Å²) >= 11 is 0. The highest BCUT2D eigenvalue weighted by Gasteiger charge is 2.35. The number of halogens is 4. The van der Waals surface area contributed by atoms with Crippen molar-refractivity contribution < 1.29 is 27.0 Å². The molecule has 2 fully saturated rings. The average Bonchev–Trinajstić information content (AvgIpc) is 3.19. The van der Waals surface area contributed by atoms with Gasteiger partial charge in [0.2, 0.25) is 5.75 Å². The summed E-state index contributed by atoms with van der Waals surface area (Å²) in [4.78, 5) is 0. The van der Waals surface area contributed by atoms with Crippen LogP contribution in [0.15, 0.2) is 18.2 Å². The molecule has 2 saturated carbocycles. The monoisotopic (exact) mass is 344 g/mol. The van der Waals surface area contributed by atoms with Crippen molar-refractivity contribution in [3.63, 3.8) is 0 Å². The van der Waals surface area contributed by atoms with Crippen LogP contribution in [0.1, 0.15) is 44.1 Å². The lowest BCUT2D eigenvalue weighted by molar-refractivity contribution is -0.276. The Labute approximate surface area is 138 Å². The molecule has 0 radical (unpaired) electrons. The molecule has 6 heteroatoms. The maximum atomic E-state index is 14.5. The fraction of sp³-hybridized carbons (Fsp3) is 0.556. The van der Waals surface area contributed by atoms with Crippen LogP contribution in [0.4, 0.5) is 17.6 Å². The normalized spacial score (nSPS) is 19.2. The number of allylic oxidation sites excluding steroid dienone is 1. The molecule has 1 aromatic rings. The topological polar surface area (TPSA) is 18.5 Å². The van der Waals surface area contributed by atoms with Gasteiger partial charge in [-0.3, -0.25) is 0 Å². The first-order valence-corrected chi connectivity index (χ1v) is 8.31. The van der Waals surface area contributed by atoms with E-state index < -0.39 is 17.9 Å². The van der Waals surface area contributed by atoms with Gasteiger partial charge in [0, 0.05) is 5.56 Å². The van der Waals surface area contributed by atoms with Crippen LogP contribution in [-0.4, -0.2) is 13.0 Å². The van der Waals surface area contributed by atoms with E-state index in [9.17, 15) is 17.6 Å². The fourth-order valence-electron chi connectivity index (χ4n) is 2.92. The third kappa shape index (κ3) is 4.65. The lowest BCUT2D eigenvalue weighted by Crippen LogP contribution is -2.19. The molecule has 0 heterocycles. The Morgan fingerprint density at radius 3 is 2.42 bits per heavy atom. The Bertz CT molecular complexity index is 600. The van der Waals surface area contributed by atoms with Gasteiger partial charge in [-0.05, 0) is 49.7 Å². The molecular weight excluding hydrogens is 324 g/mol. The van der Waals surface area contributed by atoms with E-state index in [0.717, 1.165) is 38.5 Å². The average molecular weight is 344 g/mol. The zero-order valence-electron chi connectivity index (χ0n) is 13.2. The van der Waals surface area contributed by atoms with E-state index in [0.29, 0.717) is 11.8 Å². The molecule has 0 spiro atoms. The van der Waals surface area contributed by atoms with Gasteiger partial charge in [0.15, 0.2) is 11.6 Å². The van der Waals surface area contributed by atoms with E-state index in [1.54, 1.807) is 0 Å². The van der Waals surface area contributed by atoms with Gasteiger partial charge in [-0.2, -0.15) is 0 Å². The number of hydrogen-bond acceptors (Lipinski definition) is 2. The summed E-state index contributed by atoms with van der Waals surface area (Å²) in [5.74, 6) is -1.40. The minimum Gasteiger partial charge on any atom is -0.489 e. The number of ether oxygens (including phenoxy) is 2. The quantitative estimate of drug-likeness (QED) is 0.615. The van der Waals surface area contributed by atoms with E-state index in [1.165, 1.54) is 18.2 Å². The Morgan fingerprint density at radius 2 is 1.79 bits per heavy atom. The summed E-state index contributed by atoms with van der Waals surface area (Å²) in [5.41, 5.74) is 0.0781. The first kappa shape index (κ1) is 17.1. The predicted molar refractivity (Wildman–Crippen MR) is 82.3 cm³/mol. The van der Waals surface area contributed by atoms with Crippen molar-refractivity contribution in [3.05, 3.63) is 29.6 Å². The van der Waals surface area contributed by atoms with Crippen molar-refractivity contribution in [2.24, 2.45) is 11.8 Å². The van der Waals surface area contributed by atoms with Crippen molar-refractivity contribution >= 4 is 6.08 Å². The van der Waals surface area contributed by atoms with Gasteiger partial charge >= 0.3 is 6.36 Å². The van der Waals surface area contributed by atoms with Gasteiger partial charge in [0.25, 0.3) is 0 Å². The summed E-state index contributed by atoms with van der Waals surface area (Å²) in [7, 11) is 0. The standard InChI is InChI=1S/C18H20F4O2/c19-16-14(8-7-12-5-6-12)9-10-15(17(16)24-18(20,21)22)23-11-13-3-1-2-4-13/h7-10,12-13H,1-6,11H2/b8-7+. The molecule has 0 aliphatic heterocycles. The van der Waals surface area contributed by atoms with Crippen molar-refractivity contribution in [1.29, 1.82) is 0 Å². The Hall–Kier alpha value is -1.72. The van der Waals surface area contributed by atoms with Gasteiger partial charge < -0.3 is 9.47 Å². The molecule has 0 aromatic heterocycles. The van der Waals surface area contributed by atoms with Crippen molar-refractivity contribution in [3.8, 4) is 11.5 Å². The van der Waals surface area contributed by atoms with Gasteiger partial charge in [-0.25, -0.2) is 4.39 Å². The Balaban J connectivity index is 1.80. The highest BCUT2D eigenvalue weighted by molar-refractivity contribution is 5.57. The minimum absolute atomic E-state index is 0.0781. The van der Waals surface area contributed by atoms with E-state index >= 15 is 0 Å². The van der Waals surface area contributed by atoms with E-state index in [2.05, 4.69) is 4.74 Å². The van der Waals surface area contributed by atoms with Crippen LogP contribution in [0.25, 0.3) is 6.08 Å². The lowest BCUT2D eigenvalue weighted by Gasteiger charge is -2.17. The van der Waals surface area contributed by atoms with Crippen molar-refractivity contribution in [1.82, 2.24) is 0 Å². The van der Waals surface area contributed by atoms with Crippen LogP contribution in [0, 0.1) is 17.7 Å². The summed E-state index contributed by atoms with van der Waals surface area (Å²) in [6.45, 7) is 0.283. The molecule has 1 aromatic carbocycles. The summed E-state index contributed by atoms with van der Waals surface area (Å²) in [5, 5.41) is 0. The summed E-state index contributed by atoms with van der Waals surface area (Å²) in [6, 6.07) is 2.78. The van der Waals surface area contributed by atoms with E-state index in [1.807, 2.05) is 6.08 Å². The molecule has 0 N–H and O–H groups in total. The fourth-order valence-corrected chi connectivity index (χ4v) is 2.92. The number of rotatable bonds is 6. The van der Waals surface area contributed by atoms with Crippen LogP contribution >= 0.6 is 0 Å². The highest BCUT2D eigenvalue weighted by atomic mass is 19.4. The molecular formula is C18H20F4O2. The van der Waals surface area contributed by atoms with Crippen LogP contribution in [-0.2, 0) is 0 Å². The maximum Gasteiger partial charge on any atom is 0.573 e. The third-order valence-electron chi connectivity index (χ3n) is 4.43. The molecule has 3 rings (SSSR count). The molecule has 2 aliphatic carbocycles. The van der Waals surface area contributed by atoms with Crippen molar-refractivity contribution in [2.45, 2.75) is 44.9 Å².